The summed E-state index contributed by atoms with van der Waals surface area (Å²) in [5, 5.41) is 10.3. The molecule has 5 heteroatoms. The van der Waals surface area contributed by atoms with Crippen molar-refractivity contribution >= 4 is 27.4 Å². The van der Waals surface area contributed by atoms with E-state index in [1.54, 1.807) is 23.5 Å². The van der Waals surface area contributed by atoms with Crippen molar-refractivity contribution in [3.63, 3.8) is 0 Å². The zero-order valence-corrected chi connectivity index (χ0v) is 11.0. The van der Waals surface area contributed by atoms with Gasteiger partial charge in [-0.2, -0.15) is 0 Å². The smallest absolute Gasteiger partial charge is 0.141 e. The van der Waals surface area contributed by atoms with E-state index in [0.29, 0.717) is 0 Å². The lowest BCUT2D eigenvalue weighted by atomic mass is 10.1. The van der Waals surface area contributed by atoms with Crippen LogP contribution in [0.3, 0.4) is 0 Å². The van der Waals surface area contributed by atoms with Crippen molar-refractivity contribution in [1.82, 2.24) is 9.97 Å². The van der Waals surface area contributed by atoms with Gasteiger partial charge in [0.1, 0.15) is 11.6 Å². The number of thiophene rings is 1. The van der Waals surface area contributed by atoms with Crippen molar-refractivity contribution in [2.75, 3.05) is 5.73 Å². The number of nitrogens with one attached hydrogen (secondary N) is 1. The highest BCUT2D eigenvalue weighted by molar-refractivity contribution is 7.16. The van der Waals surface area contributed by atoms with Gasteiger partial charge in [0.2, 0.25) is 0 Å². The summed E-state index contributed by atoms with van der Waals surface area (Å²) in [6.45, 7) is 0. The molecule has 0 atom stereocenters. The number of aryl methyl sites for hydroxylation is 1. The molecule has 2 aromatic heterocycles. The Morgan fingerprint density at radius 1 is 1.32 bits per heavy atom. The van der Waals surface area contributed by atoms with Crippen LogP contribution < -0.4 is 5.73 Å². The highest BCUT2D eigenvalue weighted by atomic mass is 32.1. The molecule has 0 radical (unpaired) electrons. The van der Waals surface area contributed by atoms with Crippen molar-refractivity contribution in [3.05, 3.63) is 28.6 Å². The van der Waals surface area contributed by atoms with Gasteiger partial charge in [0, 0.05) is 10.9 Å². The van der Waals surface area contributed by atoms with Gasteiger partial charge in [-0.15, -0.1) is 11.3 Å². The first kappa shape index (κ1) is 10.9. The van der Waals surface area contributed by atoms with Gasteiger partial charge in [0.05, 0.1) is 21.6 Å². The number of benzene rings is 1. The van der Waals surface area contributed by atoms with Gasteiger partial charge in [-0.25, -0.2) is 4.98 Å². The number of nitrogens with two attached hydrogens (primary N) is 1. The number of phenols is 1. The summed E-state index contributed by atoms with van der Waals surface area (Å²) in [6.07, 6.45) is 3.42. The molecule has 3 aromatic rings. The maximum atomic E-state index is 9.51. The largest absolute Gasteiger partial charge is 0.508 e. The van der Waals surface area contributed by atoms with Crippen molar-refractivity contribution in [3.8, 4) is 17.1 Å². The molecule has 0 amide bonds. The van der Waals surface area contributed by atoms with Gasteiger partial charge in [-0.05, 0) is 37.0 Å². The number of aromatic amines is 1. The number of anilines is 1. The molecule has 4 nitrogen and oxygen atoms in total. The molecule has 1 aromatic carbocycles. The molecule has 1 aliphatic carbocycles. The Balaban J connectivity index is 1.95. The maximum Gasteiger partial charge on any atom is 0.141 e. The first-order valence-electron chi connectivity index (χ1n) is 6.31. The van der Waals surface area contributed by atoms with Crippen LogP contribution in [-0.2, 0) is 12.8 Å². The summed E-state index contributed by atoms with van der Waals surface area (Å²) in [5.41, 5.74) is 10.3. The number of aromatic nitrogens is 2. The van der Waals surface area contributed by atoms with Crippen LogP contribution in [0, 0.1) is 0 Å². The van der Waals surface area contributed by atoms with E-state index in [0.717, 1.165) is 40.3 Å². The molecule has 0 fully saturated rings. The van der Waals surface area contributed by atoms with Gasteiger partial charge in [0.25, 0.3) is 0 Å². The number of rotatable bonds is 1. The predicted molar refractivity (Wildman–Crippen MR) is 77.5 cm³/mol. The van der Waals surface area contributed by atoms with Crippen LogP contribution in [0.15, 0.2) is 18.2 Å². The highest BCUT2D eigenvalue weighted by Gasteiger charge is 2.23. The normalized spacial score (nSPS) is 14.1. The Morgan fingerprint density at radius 3 is 3.11 bits per heavy atom. The molecule has 0 bridgehead atoms. The monoisotopic (exact) mass is 271 g/mol. The summed E-state index contributed by atoms with van der Waals surface area (Å²) in [7, 11) is 0. The fourth-order valence-electron chi connectivity index (χ4n) is 2.80. The van der Waals surface area contributed by atoms with Crippen LogP contribution in [0.5, 0.6) is 5.75 Å². The Bertz CT molecular complexity index is 787. The number of aromatic hydroxyl groups is 1. The molecule has 0 spiro atoms. The van der Waals surface area contributed by atoms with E-state index in [2.05, 4.69) is 9.97 Å². The predicted octanol–water partition coefficient (Wildman–Crippen LogP) is 3.07. The van der Waals surface area contributed by atoms with E-state index in [1.165, 1.54) is 16.9 Å². The Hall–Kier alpha value is -2.01. The van der Waals surface area contributed by atoms with Gasteiger partial charge >= 0.3 is 0 Å². The van der Waals surface area contributed by atoms with Crippen LogP contribution in [0.25, 0.3) is 22.4 Å². The van der Waals surface area contributed by atoms with Gasteiger partial charge in [-0.1, -0.05) is 0 Å². The molecule has 19 heavy (non-hydrogen) atoms. The molecular formula is C14H13N3OS. The number of imidazole rings is 1. The lowest BCUT2D eigenvalue weighted by molar-refractivity contribution is 0.476. The quantitative estimate of drug-likeness (QED) is 0.636. The summed E-state index contributed by atoms with van der Waals surface area (Å²) in [6, 6.07) is 5.15. The fraction of sp³-hybridized carbons (Fsp3) is 0.214. The lowest BCUT2D eigenvalue weighted by Crippen LogP contribution is -1.89. The summed E-state index contributed by atoms with van der Waals surface area (Å²) in [4.78, 5) is 9.26. The van der Waals surface area contributed by atoms with Crippen molar-refractivity contribution in [2.24, 2.45) is 0 Å². The summed E-state index contributed by atoms with van der Waals surface area (Å²) >= 11 is 1.68. The third kappa shape index (κ3) is 1.55. The molecule has 4 N–H and O–H groups in total. The molecular weight excluding hydrogens is 258 g/mol. The van der Waals surface area contributed by atoms with Gasteiger partial charge < -0.3 is 15.8 Å². The van der Waals surface area contributed by atoms with E-state index < -0.39 is 0 Å². The molecule has 0 saturated carbocycles. The standard InChI is InChI=1S/C14H13N3OS/c15-13-12(8-2-1-3-11(8)19-13)14-16-9-5-4-7(18)6-10(9)17-14/h4-6,18H,1-3,15H2,(H,16,17). The van der Waals surface area contributed by atoms with Crippen LogP contribution in [0.4, 0.5) is 5.00 Å². The van der Waals surface area contributed by atoms with E-state index >= 15 is 0 Å². The van der Waals surface area contributed by atoms with Crippen molar-refractivity contribution in [2.45, 2.75) is 19.3 Å². The second-order valence-corrected chi connectivity index (χ2v) is 6.02. The van der Waals surface area contributed by atoms with Crippen molar-refractivity contribution in [1.29, 1.82) is 0 Å². The molecule has 4 rings (SSSR count). The molecule has 2 heterocycles. The van der Waals surface area contributed by atoms with Crippen LogP contribution in [0.1, 0.15) is 16.9 Å². The minimum atomic E-state index is 0.242. The number of hydrogen-bond acceptors (Lipinski definition) is 4. The number of fused-ring (bicyclic) bond motifs is 2. The van der Waals surface area contributed by atoms with Crippen LogP contribution >= 0.6 is 11.3 Å². The third-order valence-corrected chi connectivity index (χ3v) is 4.77. The Kier molecular flexibility index (Phi) is 2.14. The SMILES string of the molecule is Nc1sc2c(c1-c1nc3ccc(O)cc3[nH]1)CCC2. The first-order chi connectivity index (χ1) is 9.22. The molecule has 0 unspecified atom stereocenters. The molecule has 1 aliphatic rings. The van der Waals surface area contributed by atoms with Crippen molar-refractivity contribution < 1.29 is 5.11 Å². The van der Waals surface area contributed by atoms with E-state index in [1.807, 2.05) is 6.07 Å². The maximum absolute atomic E-state index is 9.51. The number of phenolic OH excluding ortho intramolecular Hbond substituents is 1. The summed E-state index contributed by atoms with van der Waals surface area (Å²) < 4.78 is 0. The molecule has 96 valence electrons. The van der Waals surface area contributed by atoms with Gasteiger partial charge in [0.15, 0.2) is 0 Å². The second kappa shape index (κ2) is 3.74. The number of H-pyrrole nitrogens is 1. The summed E-state index contributed by atoms with van der Waals surface area (Å²) in [5.74, 6) is 1.06. The van der Waals surface area contributed by atoms with E-state index in [9.17, 15) is 5.11 Å². The van der Waals surface area contributed by atoms with Crippen LogP contribution in [0.2, 0.25) is 0 Å². The van der Waals surface area contributed by atoms with E-state index in [-0.39, 0.29) is 5.75 Å². The average molecular weight is 271 g/mol. The minimum absolute atomic E-state index is 0.242. The molecule has 0 saturated heterocycles. The van der Waals surface area contributed by atoms with Crippen LogP contribution in [-0.4, -0.2) is 15.1 Å². The highest BCUT2D eigenvalue weighted by Crippen LogP contribution is 2.42. The van der Waals surface area contributed by atoms with Gasteiger partial charge in [-0.3, -0.25) is 0 Å². The number of nitrogen functional groups attached to an aromatic ring is 1. The average Bonchev–Trinajstić information content (AvgIpc) is 3.01. The number of hydrogen-bond donors (Lipinski definition) is 3. The first-order valence-corrected chi connectivity index (χ1v) is 7.13. The Morgan fingerprint density at radius 2 is 2.21 bits per heavy atom. The zero-order chi connectivity index (χ0) is 13.0. The topological polar surface area (TPSA) is 74.9 Å². The molecule has 0 aliphatic heterocycles. The second-order valence-electron chi connectivity index (χ2n) is 4.88. The Labute approximate surface area is 113 Å². The van der Waals surface area contributed by atoms with E-state index in [4.69, 9.17) is 5.73 Å². The minimum Gasteiger partial charge on any atom is -0.508 e. The fourth-order valence-corrected chi connectivity index (χ4v) is 3.96. The zero-order valence-electron chi connectivity index (χ0n) is 10.2. The lowest BCUT2D eigenvalue weighted by Gasteiger charge is -1.98. The number of nitrogens with zero attached hydrogens (tertiary/aromatic N) is 1. The third-order valence-electron chi connectivity index (χ3n) is 3.65.